The van der Waals surface area contributed by atoms with Crippen molar-refractivity contribution < 1.29 is 9.53 Å². The van der Waals surface area contributed by atoms with Crippen LogP contribution >= 0.6 is 0 Å². The van der Waals surface area contributed by atoms with Crippen LogP contribution in [0.5, 0.6) is 5.75 Å². The molecule has 1 amide bonds. The van der Waals surface area contributed by atoms with Gasteiger partial charge in [0.2, 0.25) is 0 Å². The van der Waals surface area contributed by atoms with Crippen molar-refractivity contribution in [3.8, 4) is 17.1 Å². The fourth-order valence-electron chi connectivity index (χ4n) is 3.34. The van der Waals surface area contributed by atoms with Crippen LogP contribution in [0.15, 0.2) is 54.6 Å². The van der Waals surface area contributed by atoms with Crippen LogP contribution in [-0.4, -0.2) is 23.0 Å². The van der Waals surface area contributed by atoms with Crippen LogP contribution in [0.2, 0.25) is 0 Å². The average Bonchev–Trinajstić information content (AvgIpc) is 2.77. The highest BCUT2D eigenvalue weighted by Gasteiger charge is 2.19. The number of carbonyl (C=O) groups is 1. The number of rotatable bonds is 5. The van der Waals surface area contributed by atoms with Crippen LogP contribution in [0.4, 0.5) is 5.82 Å². The van der Waals surface area contributed by atoms with Gasteiger partial charge in [0.1, 0.15) is 5.75 Å². The van der Waals surface area contributed by atoms with E-state index in [9.17, 15) is 4.79 Å². The van der Waals surface area contributed by atoms with Crippen molar-refractivity contribution in [2.24, 2.45) is 0 Å². The Kier molecular flexibility index (Phi) is 5.19. The molecule has 28 heavy (non-hydrogen) atoms. The zero-order chi connectivity index (χ0) is 19.3. The SMILES string of the molecule is COc1ccc(C(=O)NNc2nc(-c3ccccc3)nc3c2CCCC3)cc1. The molecule has 0 spiro atoms. The number of aromatic nitrogens is 2. The van der Waals surface area contributed by atoms with Crippen LogP contribution in [0.25, 0.3) is 11.4 Å². The lowest BCUT2D eigenvalue weighted by Gasteiger charge is -2.20. The van der Waals surface area contributed by atoms with Gasteiger partial charge in [0, 0.05) is 22.4 Å². The van der Waals surface area contributed by atoms with Crippen molar-refractivity contribution in [2.45, 2.75) is 25.7 Å². The molecule has 2 aromatic carbocycles. The largest absolute Gasteiger partial charge is 0.497 e. The zero-order valence-corrected chi connectivity index (χ0v) is 15.7. The molecular weight excluding hydrogens is 352 g/mol. The molecule has 1 aromatic heterocycles. The summed E-state index contributed by atoms with van der Waals surface area (Å²) in [7, 11) is 1.60. The van der Waals surface area contributed by atoms with Crippen molar-refractivity contribution in [1.82, 2.24) is 15.4 Å². The topological polar surface area (TPSA) is 76.1 Å². The highest BCUT2D eigenvalue weighted by molar-refractivity contribution is 5.95. The molecule has 142 valence electrons. The standard InChI is InChI=1S/C22H22N4O2/c1-28-17-13-11-16(12-14-17)22(27)26-25-21-18-9-5-6-10-19(18)23-20(24-21)15-7-3-2-4-8-15/h2-4,7-8,11-14H,5-6,9-10H2,1H3,(H,26,27)(H,23,24,25). The van der Waals surface area contributed by atoms with Crippen LogP contribution in [-0.2, 0) is 12.8 Å². The number of amides is 1. The molecule has 2 N–H and O–H groups in total. The number of hydrogen-bond donors (Lipinski definition) is 2. The molecule has 1 heterocycles. The molecule has 0 fully saturated rings. The van der Waals surface area contributed by atoms with Crippen molar-refractivity contribution in [3.05, 3.63) is 71.4 Å². The molecule has 1 aliphatic carbocycles. The lowest BCUT2D eigenvalue weighted by atomic mass is 9.96. The number of fused-ring (bicyclic) bond motifs is 1. The third kappa shape index (κ3) is 3.81. The van der Waals surface area contributed by atoms with Gasteiger partial charge in [-0.15, -0.1) is 0 Å². The van der Waals surface area contributed by atoms with Crippen molar-refractivity contribution in [3.63, 3.8) is 0 Å². The Bertz CT molecular complexity index is 972. The molecule has 6 heteroatoms. The van der Waals surface area contributed by atoms with Crippen LogP contribution < -0.4 is 15.6 Å². The van der Waals surface area contributed by atoms with E-state index in [1.165, 1.54) is 0 Å². The van der Waals surface area contributed by atoms with Gasteiger partial charge in [-0.1, -0.05) is 30.3 Å². The second-order valence-corrected chi connectivity index (χ2v) is 6.70. The number of nitrogens with zero attached hydrogens (tertiary/aromatic N) is 2. The zero-order valence-electron chi connectivity index (χ0n) is 15.7. The molecule has 1 aliphatic rings. The van der Waals surface area contributed by atoms with E-state index in [2.05, 4.69) is 10.9 Å². The minimum atomic E-state index is -0.230. The summed E-state index contributed by atoms with van der Waals surface area (Å²) in [5.74, 6) is 1.82. The molecule has 0 atom stereocenters. The molecule has 3 aromatic rings. The summed E-state index contributed by atoms with van der Waals surface area (Å²) >= 11 is 0. The molecule has 0 unspecified atom stereocenters. The van der Waals surface area contributed by atoms with E-state index in [-0.39, 0.29) is 5.91 Å². The van der Waals surface area contributed by atoms with E-state index < -0.39 is 0 Å². The number of anilines is 1. The number of hydrazine groups is 1. The molecule has 4 rings (SSSR count). The summed E-state index contributed by atoms with van der Waals surface area (Å²) in [5, 5.41) is 0. The molecule has 0 radical (unpaired) electrons. The van der Waals surface area contributed by atoms with Gasteiger partial charge in [-0.3, -0.25) is 15.6 Å². The van der Waals surface area contributed by atoms with Gasteiger partial charge < -0.3 is 4.74 Å². The fraction of sp³-hybridized carbons (Fsp3) is 0.227. The first-order valence-corrected chi connectivity index (χ1v) is 9.40. The van der Waals surface area contributed by atoms with Gasteiger partial charge in [0.25, 0.3) is 5.91 Å². The molecular formula is C22H22N4O2. The Balaban J connectivity index is 1.58. The summed E-state index contributed by atoms with van der Waals surface area (Å²) in [6, 6.07) is 16.9. The van der Waals surface area contributed by atoms with E-state index >= 15 is 0 Å². The van der Waals surface area contributed by atoms with Gasteiger partial charge in [0.05, 0.1) is 7.11 Å². The number of aryl methyl sites for hydroxylation is 1. The highest BCUT2D eigenvalue weighted by Crippen LogP contribution is 2.28. The van der Waals surface area contributed by atoms with Crippen LogP contribution in [0.3, 0.4) is 0 Å². The second-order valence-electron chi connectivity index (χ2n) is 6.70. The maximum atomic E-state index is 12.5. The molecule has 0 aliphatic heterocycles. The lowest BCUT2D eigenvalue weighted by molar-refractivity contribution is 0.0962. The molecule has 0 bridgehead atoms. The minimum absolute atomic E-state index is 0.230. The summed E-state index contributed by atoms with van der Waals surface area (Å²) in [5.41, 5.74) is 9.43. The molecule has 6 nitrogen and oxygen atoms in total. The predicted molar refractivity (Wildman–Crippen MR) is 108 cm³/mol. The number of ether oxygens (including phenoxy) is 1. The highest BCUT2D eigenvalue weighted by atomic mass is 16.5. The maximum absolute atomic E-state index is 12.5. The normalized spacial score (nSPS) is 12.8. The van der Waals surface area contributed by atoms with Crippen molar-refractivity contribution >= 4 is 11.7 Å². The van der Waals surface area contributed by atoms with E-state index in [4.69, 9.17) is 14.7 Å². The lowest BCUT2D eigenvalue weighted by Crippen LogP contribution is -2.31. The van der Waals surface area contributed by atoms with Crippen LogP contribution in [0.1, 0.15) is 34.5 Å². The van der Waals surface area contributed by atoms with Gasteiger partial charge in [-0.05, 0) is 49.9 Å². The Labute approximate surface area is 164 Å². The van der Waals surface area contributed by atoms with E-state index in [0.717, 1.165) is 42.5 Å². The summed E-state index contributed by atoms with van der Waals surface area (Å²) in [6.07, 6.45) is 4.06. The average molecular weight is 374 g/mol. The van der Waals surface area contributed by atoms with E-state index in [0.29, 0.717) is 23.0 Å². The van der Waals surface area contributed by atoms with Gasteiger partial charge in [0.15, 0.2) is 11.6 Å². The van der Waals surface area contributed by atoms with Crippen LogP contribution in [0, 0.1) is 0 Å². The Morgan fingerprint density at radius 2 is 1.71 bits per heavy atom. The maximum Gasteiger partial charge on any atom is 0.269 e. The van der Waals surface area contributed by atoms with Gasteiger partial charge >= 0.3 is 0 Å². The quantitative estimate of drug-likeness (QED) is 0.665. The summed E-state index contributed by atoms with van der Waals surface area (Å²) in [4.78, 5) is 21.9. The Morgan fingerprint density at radius 3 is 2.46 bits per heavy atom. The number of carbonyl (C=O) groups excluding carboxylic acids is 1. The summed E-state index contributed by atoms with van der Waals surface area (Å²) in [6.45, 7) is 0. The Hall–Kier alpha value is -3.41. The monoisotopic (exact) mass is 374 g/mol. The van der Waals surface area contributed by atoms with Crippen molar-refractivity contribution in [1.29, 1.82) is 0 Å². The smallest absolute Gasteiger partial charge is 0.269 e. The first-order chi connectivity index (χ1) is 13.7. The third-order valence-electron chi connectivity index (χ3n) is 4.86. The number of nitrogens with one attached hydrogen (secondary N) is 2. The minimum Gasteiger partial charge on any atom is -0.497 e. The number of benzene rings is 2. The molecule has 0 saturated heterocycles. The first kappa shape index (κ1) is 18.0. The van der Waals surface area contributed by atoms with Gasteiger partial charge in [-0.2, -0.15) is 0 Å². The number of methoxy groups -OCH3 is 1. The van der Waals surface area contributed by atoms with Crippen molar-refractivity contribution in [2.75, 3.05) is 12.5 Å². The first-order valence-electron chi connectivity index (χ1n) is 9.40. The predicted octanol–water partition coefficient (Wildman–Crippen LogP) is 3.79. The fourth-order valence-corrected chi connectivity index (χ4v) is 3.34. The number of hydrogen-bond acceptors (Lipinski definition) is 5. The molecule has 0 saturated carbocycles. The Morgan fingerprint density at radius 1 is 0.964 bits per heavy atom. The second kappa shape index (κ2) is 8.08. The summed E-state index contributed by atoms with van der Waals surface area (Å²) < 4.78 is 5.13. The van der Waals surface area contributed by atoms with Gasteiger partial charge in [-0.25, -0.2) is 9.97 Å². The van der Waals surface area contributed by atoms with E-state index in [1.54, 1.807) is 31.4 Å². The third-order valence-corrected chi connectivity index (χ3v) is 4.86. The van der Waals surface area contributed by atoms with E-state index in [1.807, 2.05) is 30.3 Å².